The number of hydrogen-bond donors (Lipinski definition) is 0. The molecule has 0 amide bonds. The molecule has 0 saturated carbocycles. The van der Waals surface area contributed by atoms with Gasteiger partial charge in [-0.15, -0.1) is 23.5 Å². The average Bonchev–Trinajstić information content (AvgIpc) is 3.19. The molecule has 2 nitrogen and oxygen atoms in total. The molecule has 1 aromatic rings. The molecular weight excluding hydrogens is 236 g/mol. The molecule has 2 saturated heterocycles. The minimum Gasteiger partial charge on any atom is -0.165 e. The molecule has 2 fully saturated rings. The summed E-state index contributed by atoms with van der Waals surface area (Å²) in [6, 6.07) is 9.96. The molecule has 3 aliphatic rings. The van der Waals surface area contributed by atoms with Crippen LogP contribution in [0, 0.1) is 0 Å². The van der Waals surface area contributed by atoms with E-state index in [1.165, 1.54) is 0 Å². The Balaban J connectivity index is 1.59. The fourth-order valence-corrected chi connectivity index (χ4v) is 4.86. The zero-order chi connectivity index (χ0) is 10.6. The first-order valence-electron chi connectivity index (χ1n) is 5.38. The molecule has 4 atom stereocenters. The Morgan fingerprint density at radius 1 is 1.19 bits per heavy atom. The number of thioether (sulfide) groups is 2. The number of fused-ring (bicyclic) bond motifs is 3. The van der Waals surface area contributed by atoms with Crippen molar-refractivity contribution in [1.29, 1.82) is 0 Å². The molecule has 2 heterocycles. The van der Waals surface area contributed by atoms with Crippen LogP contribution in [-0.4, -0.2) is 20.6 Å². The van der Waals surface area contributed by atoms with Crippen LogP contribution in [0.1, 0.15) is 0 Å². The third kappa shape index (κ3) is 1.36. The van der Waals surface area contributed by atoms with E-state index in [1.54, 1.807) is 0 Å². The molecule has 4 heteroatoms. The van der Waals surface area contributed by atoms with Gasteiger partial charge in [0.1, 0.15) is 0 Å². The van der Waals surface area contributed by atoms with Gasteiger partial charge >= 0.3 is 0 Å². The van der Waals surface area contributed by atoms with Crippen LogP contribution in [0.15, 0.2) is 52.7 Å². The van der Waals surface area contributed by atoms with E-state index in [1.807, 2.05) is 42.1 Å². The van der Waals surface area contributed by atoms with Crippen molar-refractivity contribution in [2.45, 2.75) is 20.6 Å². The van der Waals surface area contributed by atoms with Crippen LogP contribution < -0.4 is 0 Å². The summed E-state index contributed by atoms with van der Waals surface area (Å²) in [6.07, 6.45) is 4.55. The van der Waals surface area contributed by atoms with E-state index in [9.17, 15) is 0 Å². The summed E-state index contributed by atoms with van der Waals surface area (Å²) in [5, 5.41) is 11.1. The lowest BCUT2D eigenvalue weighted by atomic mass is 10.0. The predicted molar refractivity (Wildman–Crippen MR) is 69.4 cm³/mol. The number of rotatable bonds is 2. The van der Waals surface area contributed by atoms with Gasteiger partial charge in [-0.05, 0) is 18.2 Å². The highest BCUT2D eigenvalue weighted by atomic mass is 32.2. The fourth-order valence-electron chi connectivity index (χ4n) is 2.12. The molecule has 4 unspecified atom stereocenters. The van der Waals surface area contributed by atoms with E-state index in [4.69, 9.17) is 0 Å². The summed E-state index contributed by atoms with van der Waals surface area (Å²) in [7, 11) is 0. The van der Waals surface area contributed by atoms with E-state index in [0.717, 1.165) is 16.2 Å². The standard InChI is InChI=1S/C12H10N2S2/c1-2-4-8(5-3-1)13-14-12-7-6-9-10(15-9)11(12)16-12/h1-7,9-11H. The van der Waals surface area contributed by atoms with Crippen molar-refractivity contribution in [2.75, 3.05) is 0 Å². The molecular formula is C12H10N2S2. The molecule has 0 radical (unpaired) electrons. The second-order valence-electron chi connectivity index (χ2n) is 4.25. The Labute approximate surface area is 103 Å². The summed E-state index contributed by atoms with van der Waals surface area (Å²) in [4.78, 5) is -0.0134. The van der Waals surface area contributed by atoms with Crippen molar-refractivity contribution < 1.29 is 0 Å². The van der Waals surface area contributed by atoms with Crippen molar-refractivity contribution in [3.63, 3.8) is 0 Å². The molecule has 4 rings (SSSR count). The van der Waals surface area contributed by atoms with Crippen LogP contribution in [0.4, 0.5) is 5.69 Å². The smallest absolute Gasteiger partial charge is 0.159 e. The van der Waals surface area contributed by atoms with Gasteiger partial charge in [0.15, 0.2) is 4.87 Å². The zero-order valence-corrected chi connectivity index (χ0v) is 10.1. The summed E-state index contributed by atoms with van der Waals surface area (Å²) < 4.78 is 0. The van der Waals surface area contributed by atoms with Crippen LogP contribution in [0.2, 0.25) is 0 Å². The summed E-state index contributed by atoms with van der Waals surface area (Å²) in [5.41, 5.74) is 0.946. The minimum atomic E-state index is -0.0134. The average molecular weight is 246 g/mol. The Bertz CT molecular complexity index is 485. The van der Waals surface area contributed by atoms with Gasteiger partial charge in [-0.3, -0.25) is 0 Å². The number of benzene rings is 1. The molecule has 1 aliphatic carbocycles. The highest BCUT2D eigenvalue weighted by Gasteiger charge is 2.67. The lowest BCUT2D eigenvalue weighted by Crippen LogP contribution is -2.17. The maximum Gasteiger partial charge on any atom is 0.159 e. The largest absolute Gasteiger partial charge is 0.165 e. The van der Waals surface area contributed by atoms with E-state index in [2.05, 4.69) is 34.1 Å². The van der Waals surface area contributed by atoms with Crippen molar-refractivity contribution in [3.8, 4) is 0 Å². The van der Waals surface area contributed by atoms with Gasteiger partial charge < -0.3 is 0 Å². The van der Waals surface area contributed by atoms with Crippen molar-refractivity contribution >= 4 is 29.2 Å². The van der Waals surface area contributed by atoms with Crippen molar-refractivity contribution in [2.24, 2.45) is 10.2 Å². The second-order valence-corrected chi connectivity index (χ2v) is 7.01. The van der Waals surface area contributed by atoms with Crippen LogP contribution in [0.3, 0.4) is 0 Å². The molecule has 16 heavy (non-hydrogen) atoms. The molecule has 0 bridgehead atoms. The molecule has 0 N–H and O–H groups in total. The van der Waals surface area contributed by atoms with E-state index in [-0.39, 0.29) is 4.87 Å². The Morgan fingerprint density at radius 2 is 2.06 bits per heavy atom. The lowest BCUT2D eigenvalue weighted by Gasteiger charge is -2.05. The van der Waals surface area contributed by atoms with Crippen molar-refractivity contribution in [1.82, 2.24) is 0 Å². The first-order valence-corrected chi connectivity index (χ1v) is 7.20. The van der Waals surface area contributed by atoms with Gasteiger partial charge in [0.25, 0.3) is 0 Å². The fraction of sp³-hybridized carbons (Fsp3) is 0.333. The molecule has 0 spiro atoms. The van der Waals surface area contributed by atoms with E-state index in [0.29, 0.717) is 5.25 Å². The number of nitrogens with zero attached hydrogens (tertiary/aromatic N) is 2. The topological polar surface area (TPSA) is 24.7 Å². The van der Waals surface area contributed by atoms with Gasteiger partial charge in [-0.25, -0.2) is 0 Å². The summed E-state index contributed by atoms with van der Waals surface area (Å²) >= 11 is 4.01. The molecule has 80 valence electrons. The normalized spacial score (nSPS) is 42.9. The Hall–Kier alpha value is -0.740. The molecule has 2 aliphatic heterocycles. The monoisotopic (exact) mass is 246 g/mol. The van der Waals surface area contributed by atoms with Crippen LogP contribution in [0.25, 0.3) is 0 Å². The number of hydrogen-bond acceptors (Lipinski definition) is 4. The van der Waals surface area contributed by atoms with Crippen LogP contribution in [0.5, 0.6) is 0 Å². The first-order chi connectivity index (χ1) is 7.87. The summed E-state index contributed by atoms with van der Waals surface area (Å²) in [6.45, 7) is 0. The van der Waals surface area contributed by atoms with Gasteiger partial charge in [-0.2, -0.15) is 10.2 Å². The highest BCUT2D eigenvalue weighted by Crippen LogP contribution is 2.69. The van der Waals surface area contributed by atoms with Crippen LogP contribution >= 0.6 is 23.5 Å². The van der Waals surface area contributed by atoms with Crippen LogP contribution in [-0.2, 0) is 0 Å². The quantitative estimate of drug-likeness (QED) is 0.452. The number of azo groups is 1. The zero-order valence-electron chi connectivity index (χ0n) is 8.48. The van der Waals surface area contributed by atoms with E-state index >= 15 is 0 Å². The Kier molecular flexibility index (Phi) is 1.83. The predicted octanol–water partition coefficient (Wildman–Crippen LogP) is 3.64. The van der Waals surface area contributed by atoms with Gasteiger partial charge in [0, 0.05) is 10.5 Å². The molecule has 0 aromatic heterocycles. The first kappa shape index (κ1) is 9.31. The maximum atomic E-state index is 4.52. The highest BCUT2D eigenvalue weighted by molar-refractivity contribution is 8.13. The third-order valence-electron chi connectivity index (χ3n) is 3.13. The summed E-state index contributed by atoms with van der Waals surface area (Å²) in [5.74, 6) is 0. The Morgan fingerprint density at radius 3 is 2.94 bits per heavy atom. The second kappa shape index (κ2) is 3.14. The maximum absolute atomic E-state index is 4.52. The van der Waals surface area contributed by atoms with Gasteiger partial charge in [0.05, 0.1) is 10.9 Å². The van der Waals surface area contributed by atoms with Crippen molar-refractivity contribution in [3.05, 3.63) is 42.5 Å². The third-order valence-corrected chi connectivity index (χ3v) is 6.13. The minimum absolute atomic E-state index is 0.0134. The van der Waals surface area contributed by atoms with Gasteiger partial charge in [0.2, 0.25) is 0 Å². The molecule has 1 aromatic carbocycles. The van der Waals surface area contributed by atoms with Gasteiger partial charge in [-0.1, -0.05) is 24.3 Å². The lowest BCUT2D eigenvalue weighted by molar-refractivity contribution is 0.728. The van der Waals surface area contributed by atoms with E-state index < -0.39 is 0 Å². The SMILES string of the molecule is C1=CC2(N=Nc3ccccc3)SC2C2SC12.